The molecule has 4 aromatic rings. The third-order valence-electron chi connectivity index (χ3n) is 6.30. The Kier molecular flexibility index (Phi) is 5.47. The number of rotatable bonds is 6. The number of ketones is 1. The van der Waals surface area contributed by atoms with Gasteiger partial charge in [0.2, 0.25) is 0 Å². The third-order valence-corrected chi connectivity index (χ3v) is 7.29. The van der Waals surface area contributed by atoms with Crippen LogP contribution in [0.2, 0.25) is 5.02 Å². The molecule has 5 rings (SSSR count). The molecule has 2 aromatic heterocycles. The number of aromatic nitrogens is 3. The first-order valence-corrected chi connectivity index (χ1v) is 11.7. The molecule has 0 bridgehead atoms. The Morgan fingerprint density at radius 2 is 2.00 bits per heavy atom. The molecular weight excluding hydrogens is 426 g/mol. The molecule has 0 aliphatic heterocycles. The molecule has 4 nitrogen and oxygen atoms in total. The van der Waals surface area contributed by atoms with Crippen LogP contribution in [-0.2, 0) is 6.42 Å². The molecule has 31 heavy (non-hydrogen) atoms. The van der Waals surface area contributed by atoms with Gasteiger partial charge in [-0.25, -0.2) is 9.97 Å². The van der Waals surface area contributed by atoms with E-state index in [1.165, 1.54) is 16.9 Å². The van der Waals surface area contributed by atoms with Crippen molar-refractivity contribution in [2.24, 2.45) is 11.8 Å². The van der Waals surface area contributed by atoms with E-state index < -0.39 is 0 Å². The molecule has 0 amide bonds. The van der Waals surface area contributed by atoms with Crippen LogP contribution in [0.3, 0.4) is 0 Å². The lowest BCUT2D eigenvalue weighted by molar-refractivity contribution is 0.0734. The number of benzene rings is 2. The average Bonchev–Trinajstić information content (AvgIpc) is 3.46. The lowest BCUT2D eigenvalue weighted by atomic mass is 9.68. The number of H-pyrrole nitrogens is 1. The molecule has 2 aromatic carbocycles. The predicted octanol–water partition coefficient (Wildman–Crippen LogP) is 6.61. The smallest absolute Gasteiger partial charge is 0.185 e. The van der Waals surface area contributed by atoms with Crippen molar-refractivity contribution in [3.63, 3.8) is 0 Å². The first kappa shape index (κ1) is 20.2. The van der Waals surface area contributed by atoms with Crippen LogP contribution in [0.25, 0.3) is 22.6 Å². The van der Waals surface area contributed by atoms with Gasteiger partial charge in [0.1, 0.15) is 11.5 Å². The molecule has 0 radical (unpaired) electrons. The Morgan fingerprint density at radius 1 is 1.16 bits per heavy atom. The topological polar surface area (TPSA) is 58.6 Å². The van der Waals surface area contributed by atoms with E-state index in [1.54, 1.807) is 5.51 Å². The number of thiazole rings is 1. The van der Waals surface area contributed by atoms with Gasteiger partial charge < -0.3 is 4.98 Å². The second kappa shape index (κ2) is 8.40. The van der Waals surface area contributed by atoms with Gasteiger partial charge in [0, 0.05) is 27.4 Å². The molecule has 156 valence electrons. The number of nitrogens with zero attached hydrogens (tertiary/aromatic N) is 2. The van der Waals surface area contributed by atoms with Gasteiger partial charge in [-0.1, -0.05) is 48.0 Å². The second-order valence-electron chi connectivity index (χ2n) is 8.14. The van der Waals surface area contributed by atoms with Crippen molar-refractivity contribution >= 4 is 28.7 Å². The minimum Gasteiger partial charge on any atom is -0.338 e. The Hall–Kier alpha value is -2.76. The van der Waals surface area contributed by atoms with Crippen LogP contribution >= 0.6 is 22.9 Å². The van der Waals surface area contributed by atoms with Crippen molar-refractivity contribution < 1.29 is 4.79 Å². The lowest BCUT2D eigenvalue weighted by Crippen LogP contribution is -2.34. The Morgan fingerprint density at radius 3 is 2.71 bits per heavy atom. The molecule has 2 atom stereocenters. The quantitative estimate of drug-likeness (QED) is 0.338. The molecule has 1 fully saturated rings. The van der Waals surface area contributed by atoms with E-state index in [2.05, 4.69) is 39.2 Å². The van der Waals surface area contributed by atoms with E-state index in [4.69, 9.17) is 11.6 Å². The standard InChI is InChI=1S/C25H22ClN3OS/c1-15-19(3-2-4-21(15)26)22-12-27-25(29-22)17-7-5-16(6-8-17)11-18-9-10-20(18)24(30)23-13-31-14-28-23/h2-8,12-14,18,20H,9-11H2,1H3,(H,27,29). The number of halogens is 1. The minimum absolute atomic E-state index is 0.107. The van der Waals surface area contributed by atoms with Crippen LogP contribution in [0.15, 0.2) is 59.6 Å². The highest BCUT2D eigenvalue weighted by Gasteiger charge is 2.37. The first-order valence-electron chi connectivity index (χ1n) is 10.4. The molecule has 6 heteroatoms. The number of nitrogens with one attached hydrogen (secondary N) is 1. The number of hydrogen-bond donors (Lipinski definition) is 1. The highest BCUT2D eigenvalue weighted by molar-refractivity contribution is 7.07. The summed E-state index contributed by atoms with van der Waals surface area (Å²) in [7, 11) is 0. The summed E-state index contributed by atoms with van der Waals surface area (Å²) in [5, 5.41) is 2.61. The zero-order chi connectivity index (χ0) is 21.4. The first-order chi connectivity index (χ1) is 15.1. The Labute approximate surface area is 190 Å². The van der Waals surface area contributed by atoms with Crippen molar-refractivity contribution in [1.29, 1.82) is 0 Å². The molecule has 2 unspecified atom stereocenters. The van der Waals surface area contributed by atoms with E-state index in [-0.39, 0.29) is 11.7 Å². The lowest BCUT2D eigenvalue weighted by Gasteiger charge is -2.35. The molecule has 1 aliphatic carbocycles. The van der Waals surface area contributed by atoms with Crippen molar-refractivity contribution in [2.75, 3.05) is 0 Å². The van der Waals surface area contributed by atoms with Crippen LogP contribution in [0.4, 0.5) is 0 Å². The van der Waals surface area contributed by atoms with E-state index in [1.807, 2.05) is 36.7 Å². The molecular formula is C25H22ClN3OS. The summed E-state index contributed by atoms with van der Waals surface area (Å²) in [6.07, 6.45) is 4.84. The van der Waals surface area contributed by atoms with Crippen molar-refractivity contribution in [2.45, 2.75) is 26.2 Å². The fraction of sp³-hybridized carbons (Fsp3) is 0.240. The number of hydrogen-bond acceptors (Lipinski definition) is 4. The fourth-order valence-corrected chi connectivity index (χ4v) is 5.00. The summed E-state index contributed by atoms with van der Waals surface area (Å²) >= 11 is 7.74. The Balaban J connectivity index is 1.28. The maximum Gasteiger partial charge on any atom is 0.185 e. The predicted molar refractivity (Wildman–Crippen MR) is 126 cm³/mol. The van der Waals surface area contributed by atoms with Gasteiger partial charge in [0.05, 0.1) is 17.4 Å². The van der Waals surface area contributed by atoms with Gasteiger partial charge in [0.25, 0.3) is 0 Å². The molecule has 0 spiro atoms. The maximum atomic E-state index is 12.6. The summed E-state index contributed by atoms with van der Waals surface area (Å²) in [6, 6.07) is 14.4. The van der Waals surface area contributed by atoms with E-state index in [9.17, 15) is 4.79 Å². The Bertz CT molecular complexity index is 1210. The fourth-order valence-electron chi connectivity index (χ4n) is 4.29. The van der Waals surface area contributed by atoms with Crippen molar-refractivity contribution in [3.8, 4) is 22.6 Å². The van der Waals surface area contributed by atoms with Gasteiger partial charge in [-0.3, -0.25) is 4.79 Å². The number of imidazole rings is 1. The SMILES string of the molecule is Cc1c(Cl)cccc1-c1cnc(-c2ccc(CC3CCC3C(=O)c3cscn3)cc2)[nH]1. The van der Waals surface area contributed by atoms with Crippen molar-refractivity contribution in [1.82, 2.24) is 15.0 Å². The maximum absolute atomic E-state index is 12.6. The third kappa shape index (κ3) is 3.95. The molecule has 1 saturated carbocycles. The number of carbonyl (C=O) groups excluding carboxylic acids is 1. The number of aromatic amines is 1. The van der Waals surface area contributed by atoms with Gasteiger partial charge in [-0.05, 0) is 49.3 Å². The highest BCUT2D eigenvalue weighted by atomic mass is 35.5. The zero-order valence-electron chi connectivity index (χ0n) is 17.1. The summed E-state index contributed by atoms with van der Waals surface area (Å²) in [5.74, 6) is 1.55. The van der Waals surface area contributed by atoms with Gasteiger partial charge in [-0.15, -0.1) is 11.3 Å². The minimum atomic E-state index is 0.107. The van der Waals surface area contributed by atoms with Crippen LogP contribution in [-0.4, -0.2) is 20.7 Å². The molecule has 0 saturated heterocycles. The van der Waals surface area contributed by atoms with Gasteiger partial charge >= 0.3 is 0 Å². The second-order valence-corrected chi connectivity index (χ2v) is 9.27. The molecule has 1 aliphatic rings. The highest BCUT2D eigenvalue weighted by Crippen LogP contribution is 2.39. The van der Waals surface area contributed by atoms with Crippen molar-refractivity contribution in [3.05, 3.63) is 81.4 Å². The van der Waals surface area contributed by atoms with Gasteiger partial charge in [0.15, 0.2) is 5.78 Å². The van der Waals surface area contributed by atoms with Crippen LogP contribution in [0, 0.1) is 18.8 Å². The van der Waals surface area contributed by atoms with Crippen LogP contribution in [0.1, 0.15) is 34.5 Å². The summed E-state index contributed by atoms with van der Waals surface area (Å²) in [5.41, 5.74) is 7.70. The van der Waals surface area contributed by atoms with Gasteiger partial charge in [-0.2, -0.15) is 0 Å². The molecule has 2 heterocycles. The zero-order valence-corrected chi connectivity index (χ0v) is 18.7. The summed E-state index contributed by atoms with van der Waals surface area (Å²) < 4.78 is 0. The number of carbonyl (C=O) groups is 1. The number of Topliss-reactive ketones (excluding diaryl/α,β-unsaturated/α-hetero) is 1. The summed E-state index contributed by atoms with van der Waals surface area (Å²) in [4.78, 5) is 24.8. The monoisotopic (exact) mass is 447 g/mol. The summed E-state index contributed by atoms with van der Waals surface area (Å²) in [6.45, 7) is 2.01. The normalized spacial score (nSPS) is 18.0. The van der Waals surface area contributed by atoms with Crippen LogP contribution < -0.4 is 0 Å². The van der Waals surface area contributed by atoms with Crippen LogP contribution in [0.5, 0.6) is 0 Å². The van der Waals surface area contributed by atoms with E-state index in [0.29, 0.717) is 11.6 Å². The largest absolute Gasteiger partial charge is 0.338 e. The van der Waals surface area contributed by atoms with E-state index >= 15 is 0 Å². The average molecular weight is 448 g/mol. The van der Waals surface area contributed by atoms with E-state index in [0.717, 1.165) is 52.5 Å². The molecule has 1 N–H and O–H groups in total.